The molecule has 0 aromatic rings. The lowest BCUT2D eigenvalue weighted by molar-refractivity contribution is -0.153. The van der Waals surface area contributed by atoms with Gasteiger partial charge in [-0.2, -0.15) is 0 Å². The molecule has 2 aliphatic rings. The molecule has 0 unspecified atom stereocenters. The molecule has 0 atom stereocenters. The number of carbonyl (C=O) groups excluding carboxylic acids is 3. The zero-order chi connectivity index (χ0) is 15.7. The van der Waals surface area contributed by atoms with Crippen molar-refractivity contribution < 1.29 is 22.8 Å². The molecule has 9 heteroatoms. The molecule has 0 aromatic heterocycles. The molecule has 1 heterocycles. The lowest BCUT2D eigenvalue weighted by atomic mass is 9.71. The molecule has 1 aliphatic heterocycles. The van der Waals surface area contributed by atoms with Crippen LogP contribution in [0.1, 0.15) is 32.1 Å². The van der Waals surface area contributed by atoms with Gasteiger partial charge in [-0.3, -0.25) is 19.8 Å². The van der Waals surface area contributed by atoms with Crippen LogP contribution in [0.3, 0.4) is 0 Å². The topological polar surface area (TPSA) is 113 Å². The van der Waals surface area contributed by atoms with E-state index in [1.807, 2.05) is 0 Å². The Balaban J connectivity index is 2.19. The predicted molar refractivity (Wildman–Crippen MR) is 73.6 cm³/mol. The summed E-state index contributed by atoms with van der Waals surface area (Å²) in [5.41, 5.74) is -1.20. The number of carbonyl (C=O) groups is 3. The first-order valence-corrected chi connectivity index (χ1v) is 8.56. The standard InChI is InChI=1S/C12H19N3O5S/c1-13-21(19,20)8-7-15-10(17)12(5-3-2-4-6-12)9(16)14-11(15)18/h13H,2-8H2,1H3,(H,14,16,18). The highest BCUT2D eigenvalue weighted by atomic mass is 32.2. The van der Waals surface area contributed by atoms with Crippen LogP contribution in [0.25, 0.3) is 0 Å². The smallest absolute Gasteiger partial charge is 0.277 e. The number of hydrogen-bond acceptors (Lipinski definition) is 5. The van der Waals surface area contributed by atoms with Gasteiger partial charge in [0.15, 0.2) is 0 Å². The lowest BCUT2D eigenvalue weighted by Gasteiger charge is -2.41. The zero-order valence-corrected chi connectivity index (χ0v) is 12.7. The Labute approximate surface area is 123 Å². The van der Waals surface area contributed by atoms with Crippen molar-refractivity contribution in [3.8, 4) is 0 Å². The second kappa shape index (κ2) is 5.72. The zero-order valence-electron chi connectivity index (χ0n) is 11.8. The van der Waals surface area contributed by atoms with E-state index in [9.17, 15) is 22.8 Å². The van der Waals surface area contributed by atoms with Gasteiger partial charge >= 0.3 is 6.03 Å². The summed E-state index contributed by atoms with van der Waals surface area (Å²) in [6.45, 7) is -0.261. The number of rotatable bonds is 4. The van der Waals surface area contributed by atoms with Crippen molar-refractivity contribution in [1.29, 1.82) is 0 Å². The van der Waals surface area contributed by atoms with Gasteiger partial charge in [-0.15, -0.1) is 0 Å². The molecule has 0 bridgehead atoms. The molecular formula is C12H19N3O5S. The fourth-order valence-corrected chi connectivity index (χ4v) is 3.47. The van der Waals surface area contributed by atoms with Crippen LogP contribution in [0.2, 0.25) is 0 Å². The molecule has 118 valence electrons. The number of sulfonamides is 1. The van der Waals surface area contributed by atoms with Crippen molar-refractivity contribution in [3.63, 3.8) is 0 Å². The first-order valence-electron chi connectivity index (χ1n) is 6.91. The average Bonchev–Trinajstić information content (AvgIpc) is 2.46. The predicted octanol–water partition coefficient (Wildman–Crippen LogP) is -0.435. The van der Waals surface area contributed by atoms with Gasteiger partial charge in [-0.25, -0.2) is 17.9 Å². The Kier molecular flexibility index (Phi) is 4.33. The average molecular weight is 317 g/mol. The normalized spacial score (nSPS) is 22.5. The highest BCUT2D eigenvalue weighted by Gasteiger charge is 2.53. The monoisotopic (exact) mass is 317 g/mol. The van der Waals surface area contributed by atoms with Crippen LogP contribution < -0.4 is 10.0 Å². The minimum atomic E-state index is -3.53. The second-order valence-corrected chi connectivity index (χ2v) is 7.43. The van der Waals surface area contributed by atoms with Crippen molar-refractivity contribution >= 4 is 27.9 Å². The van der Waals surface area contributed by atoms with Crippen molar-refractivity contribution in [1.82, 2.24) is 14.9 Å². The maximum Gasteiger partial charge on any atom is 0.330 e. The van der Waals surface area contributed by atoms with E-state index < -0.39 is 33.3 Å². The van der Waals surface area contributed by atoms with Gasteiger partial charge in [0.1, 0.15) is 5.41 Å². The van der Waals surface area contributed by atoms with Crippen LogP contribution >= 0.6 is 0 Å². The Bertz CT molecular complexity index is 565. The van der Waals surface area contributed by atoms with Gasteiger partial charge in [0, 0.05) is 6.54 Å². The number of nitrogens with zero attached hydrogens (tertiary/aromatic N) is 1. The summed E-state index contributed by atoms with van der Waals surface area (Å²) in [6, 6.07) is -0.840. The van der Waals surface area contributed by atoms with Gasteiger partial charge < -0.3 is 0 Å². The molecule has 1 spiro atoms. The number of hydrogen-bond donors (Lipinski definition) is 2. The van der Waals surface area contributed by atoms with Crippen LogP contribution in [-0.2, 0) is 19.6 Å². The third kappa shape index (κ3) is 2.93. The third-order valence-corrected chi connectivity index (χ3v) is 5.50. The third-order valence-electron chi connectivity index (χ3n) is 4.16. The highest BCUT2D eigenvalue weighted by molar-refractivity contribution is 7.89. The van der Waals surface area contributed by atoms with Gasteiger partial charge in [0.2, 0.25) is 21.8 Å². The summed E-state index contributed by atoms with van der Waals surface area (Å²) in [5, 5.41) is 2.19. The van der Waals surface area contributed by atoms with Crippen LogP contribution in [-0.4, -0.2) is 50.5 Å². The molecule has 1 saturated carbocycles. The fraction of sp³-hybridized carbons (Fsp3) is 0.750. The second-order valence-electron chi connectivity index (χ2n) is 5.38. The maximum atomic E-state index is 12.6. The molecule has 8 nitrogen and oxygen atoms in total. The van der Waals surface area contributed by atoms with E-state index in [4.69, 9.17) is 0 Å². The van der Waals surface area contributed by atoms with Crippen molar-refractivity contribution in [2.45, 2.75) is 32.1 Å². The van der Waals surface area contributed by atoms with E-state index in [0.29, 0.717) is 12.8 Å². The van der Waals surface area contributed by atoms with Gasteiger partial charge in [0.05, 0.1) is 5.75 Å². The summed E-state index contributed by atoms with van der Waals surface area (Å²) in [5.74, 6) is -1.50. The maximum absolute atomic E-state index is 12.6. The largest absolute Gasteiger partial charge is 0.330 e. The minimum absolute atomic E-state index is 0.261. The summed E-state index contributed by atoms with van der Waals surface area (Å²) in [6.07, 6.45) is 3.25. The molecule has 21 heavy (non-hydrogen) atoms. The summed E-state index contributed by atoms with van der Waals surface area (Å²) >= 11 is 0. The van der Waals surface area contributed by atoms with Crippen molar-refractivity contribution in [2.75, 3.05) is 19.3 Å². The van der Waals surface area contributed by atoms with Gasteiger partial charge in [0.25, 0.3) is 0 Å². The van der Waals surface area contributed by atoms with Crippen LogP contribution in [0, 0.1) is 5.41 Å². The molecule has 0 aromatic carbocycles. The van der Waals surface area contributed by atoms with Crippen molar-refractivity contribution in [3.05, 3.63) is 0 Å². The number of nitrogens with one attached hydrogen (secondary N) is 2. The van der Waals surface area contributed by atoms with E-state index in [1.165, 1.54) is 7.05 Å². The summed E-state index contributed by atoms with van der Waals surface area (Å²) in [4.78, 5) is 37.3. The highest BCUT2D eigenvalue weighted by Crippen LogP contribution is 2.40. The van der Waals surface area contributed by atoms with Crippen LogP contribution in [0.4, 0.5) is 4.79 Å². The molecule has 1 saturated heterocycles. The molecular weight excluding hydrogens is 298 g/mol. The lowest BCUT2D eigenvalue weighted by Crippen LogP contribution is -2.64. The van der Waals surface area contributed by atoms with E-state index >= 15 is 0 Å². The minimum Gasteiger partial charge on any atom is -0.277 e. The van der Waals surface area contributed by atoms with Crippen molar-refractivity contribution in [2.24, 2.45) is 5.41 Å². The number of barbiturate groups is 1. The quantitative estimate of drug-likeness (QED) is 0.683. The summed E-state index contributed by atoms with van der Waals surface area (Å²) < 4.78 is 25.0. The molecule has 1 aliphatic carbocycles. The number of urea groups is 1. The molecule has 4 amide bonds. The number of imide groups is 2. The number of amides is 4. The Hall–Kier alpha value is -1.48. The SMILES string of the molecule is CNS(=O)(=O)CCN1C(=O)NC(=O)C2(CCCCC2)C1=O. The van der Waals surface area contributed by atoms with E-state index in [0.717, 1.165) is 24.2 Å². The summed E-state index contributed by atoms with van der Waals surface area (Å²) in [7, 11) is -2.27. The molecule has 2 N–H and O–H groups in total. The Morgan fingerprint density at radius 2 is 1.81 bits per heavy atom. The fourth-order valence-electron chi connectivity index (χ4n) is 2.84. The van der Waals surface area contributed by atoms with E-state index in [-0.39, 0.29) is 12.3 Å². The van der Waals surface area contributed by atoms with E-state index in [1.54, 1.807) is 0 Å². The molecule has 0 radical (unpaired) electrons. The first kappa shape index (κ1) is 15.9. The molecule has 2 rings (SSSR count). The molecule has 2 fully saturated rings. The Morgan fingerprint density at radius 1 is 1.19 bits per heavy atom. The van der Waals surface area contributed by atoms with Gasteiger partial charge in [-0.1, -0.05) is 19.3 Å². The van der Waals surface area contributed by atoms with Gasteiger partial charge in [-0.05, 0) is 19.9 Å². The van der Waals surface area contributed by atoms with Crippen LogP contribution in [0.15, 0.2) is 0 Å². The first-order chi connectivity index (χ1) is 9.82. The van der Waals surface area contributed by atoms with Crippen LogP contribution in [0.5, 0.6) is 0 Å². The Morgan fingerprint density at radius 3 is 2.38 bits per heavy atom. The van der Waals surface area contributed by atoms with E-state index in [2.05, 4.69) is 10.0 Å².